The molecule has 10 nitrogen and oxygen atoms in total. The molecule has 0 amide bonds. The number of hydrogen-bond donors (Lipinski definition) is 2. The number of nitrogens with one attached hydrogen (secondary N) is 1. The summed E-state index contributed by atoms with van der Waals surface area (Å²) >= 11 is 0. The number of nitrogens with zero attached hydrogens (tertiary/aromatic N) is 2. The average molecular weight is 521 g/mol. The van der Waals surface area contributed by atoms with E-state index in [1.54, 1.807) is 19.9 Å². The lowest BCUT2D eigenvalue weighted by Gasteiger charge is -2.34. The topological polar surface area (TPSA) is 137 Å². The van der Waals surface area contributed by atoms with Gasteiger partial charge in [-0.3, -0.25) is 15.0 Å². The maximum atomic E-state index is 13.6. The standard InChI is InChI=1S/C28H32N4O6/c1-3-37-27(33)23-18(2)30-26(29)25(24(23)20-11-7-12-21(15-20)32(35)36)28(34)38-22-13-8-14-31(17-22)16-19-9-5-4-6-10-19/h4-7,9-12,15,22,24,30H,3,8,13-14,16-17,29H2,1-2H3. The number of carbonyl (C=O) groups excluding carboxylic acids is 2. The van der Waals surface area contributed by atoms with E-state index in [-0.39, 0.29) is 35.4 Å². The third kappa shape index (κ3) is 6.03. The van der Waals surface area contributed by atoms with Crippen LogP contribution >= 0.6 is 0 Å². The number of carbonyl (C=O) groups is 2. The van der Waals surface area contributed by atoms with Crippen LogP contribution < -0.4 is 11.1 Å². The van der Waals surface area contributed by atoms with E-state index in [9.17, 15) is 19.7 Å². The van der Waals surface area contributed by atoms with Gasteiger partial charge in [0.05, 0.1) is 28.6 Å². The lowest BCUT2D eigenvalue weighted by atomic mass is 9.81. The molecule has 2 aliphatic heterocycles. The van der Waals surface area contributed by atoms with Crippen molar-refractivity contribution < 1.29 is 24.0 Å². The van der Waals surface area contributed by atoms with E-state index in [2.05, 4.69) is 22.3 Å². The summed E-state index contributed by atoms with van der Waals surface area (Å²) < 4.78 is 11.2. The van der Waals surface area contributed by atoms with E-state index in [0.717, 1.165) is 19.5 Å². The van der Waals surface area contributed by atoms with E-state index in [4.69, 9.17) is 15.2 Å². The highest BCUT2D eigenvalue weighted by atomic mass is 16.6. The third-order valence-corrected chi connectivity index (χ3v) is 6.71. The van der Waals surface area contributed by atoms with E-state index in [0.29, 0.717) is 24.2 Å². The normalized spacial score (nSPS) is 20.1. The number of allylic oxidation sites excluding steroid dienone is 1. The highest BCUT2D eigenvalue weighted by Gasteiger charge is 2.40. The lowest BCUT2D eigenvalue weighted by molar-refractivity contribution is -0.384. The first-order chi connectivity index (χ1) is 18.3. The molecule has 0 aliphatic carbocycles. The number of esters is 2. The number of dihydropyridines is 1. The number of rotatable bonds is 8. The van der Waals surface area contributed by atoms with Crippen LogP contribution in [-0.4, -0.2) is 47.6 Å². The van der Waals surface area contributed by atoms with Crippen molar-refractivity contribution in [2.24, 2.45) is 5.73 Å². The van der Waals surface area contributed by atoms with Crippen molar-refractivity contribution in [3.05, 3.63) is 98.5 Å². The Morgan fingerprint density at radius 3 is 2.61 bits per heavy atom. The van der Waals surface area contributed by atoms with Crippen LogP contribution in [0, 0.1) is 10.1 Å². The Kier molecular flexibility index (Phi) is 8.42. The van der Waals surface area contributed by atoms with Crippen LogP contribution in [0.15, 0.2) is 77.3 Å². The first-order valence-electron chi connectivity index (χ1n) is 12.6. The van der Waals surface area contributed by atoms with Gasteiger partial charge in [0.1, 0.15) is 11.9 Å². The molecule has 1 fully saturated rings. The number of piperidine rings is 1. The summed E-state index contributed by atoms with van der Waals surface area (Å²) in [6.45, 7) is 5.63. The van der Waals surface area contributed by atoms with Crippen LogP contribution in [0.4, 0.5) is 5.69 Å². The van der Waals surface area contributed by atoms with Gasteiger partial charge in [-0.05, 0) is 44.4 Å². The molecule has 200 valence electrons. The molecule has 10 heteroatoms. The molecule has 38 heavy (non-hydrogen) atoms. The van der Waals surface area contributed by atoms with E-state index in [1.165, 1.54) is 23.8 Å². The van der Waals surface area contributed by atoms with Crippen molar-refractivity contribution in [2.45, 2.75) is 45.3 Å². The zero-order chi connectivity index (χ0) is 27.2. The summed E-state index contributed by atoms with van der Waals surface area (Å²) in [6.07, 6.45) is 1.18. The van der Waals surface area contributed by atoms with Crippen molar-refractivity contribution >= 4 is 17.6 Å². The molecule has 0 bridgehead atoms. The molecule has 2 unspecified atom stereocenters. The molecule has 2 aromatic carbocycles. The molecule has 2 heterocycles. The predicted molar refractivity (Wildman–Crippen MR) is 140 cm³/mol. The molecule has 4 rings (SSSR count). The number of nitrogens with two attached hydrogens (primary N) is 1. The van der Waals surface area contributed by atoms with Gasteiger partial charge in [0.15, 0.2) is 0 Å². The summed E-state index contributed by atoms with van der Waals surface area (Å²) in [5.41, 5.74) is 8.26. The first kappa shape index (κ1) is 26.9. The number of non-ortho nitro benzene ring substituents is 1. The minimum absolute atomic E-state index is 0.0272. The number of nitro groups is 1. The minimum atomic E-state index is -0.994. The van der Waals surface area contributed by atoms with Gasteiger partial charge in [0, 0.05) is 30.9 Å². The van der Waals surface area contributed by atoms with Gasteiger partial charge in [-0.1, -0.05) is 42.5 Å². The van der Waals surface area contributed by atoms with Gasteiger partial charge in [-0.15, -0.1) is 0 Å². The maximum absolute atomic E-state index is 13.6. The maximum Gasteiger partial charge on any atom is 0.338 e. The zero-order valence-corrected chi connectivity index (χ0v) is 21.5. The molecular weight excluding hydrogens is 488 g/mol. The summed E-state index contributed by atoms with van der Waals surface area (Å²) in [7, 11) is 0. The van der Waals surface area contributed by atoms with Crippen LogP contribution in [0.2, 0.25) is 0 Å². The van der Waals surface area contributed by atoms with Crippen molar-refractivity contribution in [3.63, 3.8) is 0 Å². The first-order valence-corrected chi connectivity index (χ1v) is 12.6. The minimum Gasteiger partial charge on any atom is -0.463 e. The molecule has 2 atom stereocenters. The smallest absolute Gasteiger partial charge is 0.338 e. The lowest BCUT2D eigenvalue weighted by Crippen LogP contribution is -2.42. The van der Waals surface area contributed by atoms with Gasteiger partial charge < -0.3 is 20.5 Å². The van der Waals surface area contributed by atoms with Crippen LogP contribution in [0.3, 0.4) is 0 Å². The Morgan fingerprint density at radius 1 is 1.13 bits per heavy atom. The summed E-state index contributed by atoms with van der Waals surface area (Å²) in [5, 5.41) is 14.4. The molecule has 0 spiro atoms. The van der Waals surface area contributed by atoms with Crippen LogP contribution in [0.1, 0.15) is 43.7 Å². The van der Waals surface area contributed by atoms with Crippen molar-refractivity contribution in [1.29, 1.82) is 0 Å². The molecule has 1 saturated heterocycles. The Bertz CT molecular complexity index is 1270. The highest BCUT2D eigenvalue weighted by Crippen LogP contribution is 2.39. The number of ether oxygens (including phenoxy) is 2. The Balaban J connectivity index is 1.62. The van der Waals surface area contributed by atoms with Crippen molar-refractivity contribution in [1.82, 2.24) is 10.2 Å². The second-order valence-corrected chi connectivity index (χ2v) is 9.39. The predicted octanol–water partition coefficient (Wildman–Crippen LogP) is 3.50. The van der Waals surface area contributed by atoms with E-state index >= 15 is 0 Å². The summed E-state index contributed by atoms with van der Waals surface area (Å²) in [5.74, 6) is -2.27. The van der Waals surface area contributed by atoms with Gasteiger partial charge in [0.2, 0.25) is 0 Å². The Labute approximate surface area is 221 Å². The van der Waals surface area contributed by atoms with Crippen LogP contribution in [0.5, 0.6) is 0 Å². The molecule has 0 radical (unpaired) electrons. The Hall–Kier alpha value is -4.18. The van der Waals surface area contributed by atoms with Gasteiger partial charge in [-0.2, -0.15) is 0 Å². The Morgan fingerprint density at radius 2 is 1.89 bits per heavy atom. The molecule has 3 N–H and O–H groups in total. The second-order valence-electron chi connectivity index (χ2n) is 9.39. The SMILES string of the molecule is CCOC(=O)C1=C(C)NC(N)=C(C(=O)OC2CCCN(Cc3ccccc3)C2)C1c1cccc([N+](=O)[O-])c1. The van der Waals surface area contributed by atoms with Gasteiger partial charge >= 0.3 is 11.9 Å². The monoisotopic (exact) mass is 520 g/mol. The van der Waals surface area contributed by atoms with Crippen molar-refractivity contribution in [3.8, 4) is 0 Å². The third-order valence-electron chi connectivity index (χ3n) is 6.71. The fourth-order valence-corrected chi connectivity index (χ4v) is 5.02. The molecule has 0 saturated carbocycles. The van der Waals surface area contributed by atoms with E-state index < -0.39 is 22.8 Å². The number of hydrogen-bond acceptors (Lipinski definition) is 9. The fraction of sp³-hybridized carbons (Fsp3) is 0.357. The van der Waals surface area contributed by atoms with Crippen LogP contribution in [0.25, 0.3) is 0 Å². The number of benzene rings is 2. The van der Waals surface area contributed by atoms with Gasteiger partial charge in [-0.25, -0.2) is 9.59 Å². The molecular formula is C28H32N4O6. The summed E-state index contributed by atoms with van der Waals surface area (Å²) in [6, 6.07) is 15.9. The molecule has 2 aliphatic rings. The number of likely N-dealkylation sites (tertiary alicyclic amines) is 1. The highest BCUT2D eigenvalue weighted by molar-refractivity contribution is 6.00. The fourth-order valence-electron chi connectivity index (χ4n) is 5.02. The van der Waals surface area contributed by atoms with Crippen LogP contribution in [-0.2, 0) is 25.6 Å². The average Bonchev–Trinajstić information content (AvgIpc) is 2.89. The van der Waals surface area contributed by atoms with E-state index in [1.807, 2.05) is 18.2 Å². The van der Waals surface area contributed by atoms with Crippen molar-refractivity contribution in [2.75, 3.05) is 19.7 Å². The quantitative estimate of drug-likeness (QED) is 0.304. The van der Waals surface area contributed by atoms with Gasteiger partial charge in [0.25, 0.3) is 5.69 Å². The second kappa shape index (κ2) is 11.9. The summed E-state index contributed by atoms with van der Waals surface area (Å²) in [4.78, 5) is 39.9. The molecule has 2 aromatic rings. The zero-order valence-electron chi connectivity index (χ0n) is 21.5. The largest absolute Gasteiger partial charge is 0.463 e. The molecule has 0 aromatic heterocycles. The number of nitro benzene ring substituents is 1.